The number of rotatable bonds is 3. The Hall–Kier alpha value is -0.650. The number of β-amino-alcohol motifs (C(OH)–C–C–N with tert-alkyl or cyclic N) is 1. The van der Waals surface area contributed by atoms with E-state index in [4.69, 9.17) is 5.11 Å². The van der Waals surface area contributed by atoms with Crippen LogP contribution in [0.4, 0.5) is 0 Å². The highest BCUT2D eigenvalue weighted by molar-refractivity contribution is 5.82. The number of aliphatic hydroxyl groups is 1. The maximum Gasteiger partial charge on any atom is 0.240 e. The van der Waals surface area contributed by atoms with Crippen molar-refractivity contribution in [2.75, 3.05) is 45.9 Å². The van der Waals surface area contributed by atoms with E-state index in [1.807, 2.05) is 0 Å². The third-order valence-electron chi connectivity index (χ3n) is 5.33. The normalized spacial score (nSPS) is 35.0. The van der Waals surface area contributed by atoms with Gasteiger partial charge in [0.25, 0.3) is 0 Å². The summed E-state index contributed by atoms with van der Waals surface area (Å²) in [7, 11) is 0. The molecule has 3 fully saturated rings. The first-order chi connectivity index (χ1) is 9.79. The van der Waals surface area contributed by atoms with Crippen molar-refractivity contribution in [3.05, 3.63) is 0 Å². The number of hydrogen-bond donors (Lipinski definition) is 2. The van der Waals surface area contributed by atoms with Crippen LogP contribution in [0.25, 0.3) is 0 Å². The Kier molecular flexibility index (Phi) is 4.58. The summed E-state index contributed by atoms with van der Waals surface area (Å²) in [6, 6.07) is 0.0758. The monoisotopic (exact) mass is 281 g/mol. The Morgan fingerprint density at radius 1 is 1.15 bits per heavy atom. The zero-order valence-electron chi connectivity index (χ0n) is 12.3. The van der Waals surface area contributed by atoms with Crippen LogP contribution >= 0.6 is 0 Å². The zero-order chi connectivity index (χ0) is 13.9. The van der Waals surface area contributed by atoms with E-state index in [0.717, 1.165) is 51.6 Å². The Morgan fingerprint density at radius 2 is 2.05 bits per heavy atom. The van der Waals surface area contributed by atoms with Gasteiger partial charge in [-0.3, -0.25) is 9.69 Å². The van der Waals surface area contributed by atoms with Crippen LogP contribution in [0, 0.1) is 11.8 Å². The van der Waals surface area contributed by atoms with E-state index in [9.17, 15) is 4.79 Å². The quantitative estimate of drug-likeness (QED) is 0.759. The molecule has 3 aliphatic rings. The number of nitrogens with one attached hydrogen (secondary N) is 1. The van der Waals surface area contributed by atoms with Crippen LogP contribution in [0.15, 0.2) is 0 Å². The van der Waals surface area contributed by atoms with E-state index in [1.54, 1.807) is 0 Å². The minimum Gasteiger partial charge on any atom is -0.395 e. The molecule has 2 saturated heterocycles. The van der Waals surface area contributed by atoms with Crippen LogP contribution < -0.4 is 5.32 Å². The van der Waals surface area contributed by atoms with E-state index in [0.29, 0.717) is 11.8 Å². The van der Waals surface area contributed by atoms with Gasteiger partial charge in [0.2, 0.25) is 5.91 Å². The molecule has 5 heteroatoms. The van der Waals surface area contributed by atoms with Gasteiger partial charge in [-0.25, -0.2) is 0 Å². The van der Waals surface area contributed by atoms with Gasteiger partial charge in [-0.05, 0) is 44.2 Å². The summed E-state index contributed by atoms with van der Waals surface area (Å²) >= 11 is 0. The van der Waals surface area contributed by atoms with Gasteiger partial charge in [0.1, 0.15) is 0 Å². The molecule has 2 heterocycles. The fraction of sp³-hybridized carbons (Fsp3) is 0.933. The van der Waals surface area contributed by atoms with Crippen LogP contribution in [0.2, 0.25) is 0 Å². The smallest absolute Gasteiger partial charge is 0.240 e. The second-order valence-electron chi connectivity index (χ2n) is 6.48. The van der Waals surface area contributed by atoms with Crippen molar-refractivity contribution in [2.45, 2.75) is 31.7 Å². The molecule has 0 aromatic carbocycles. The van der Waals surface area contributed by atoms with E-state index in [1.165, 1.54) is 19.3 Å². The maximum absolute atomic E-state index is 12.8. The molecule has 0 aromatic rings. The molecular weight excluding hydrogens is 254 g/mol. The van der Waals surface area contributed by atoms with Gasteiger partial charge in [-0.2, -0.15) is 0 Å². The summed E-state index contributed by atoms with van der Waals surface area (Å²) in [5.74, 6) is 1.64. The molecule has 3 unspecified atom stereocenters. The lowest BCUT2D eigenvalue weighted by atomic mass is 9.93. The van der Waals surface area contributed by atoms with Crippen molar-refractivity contribution >= 4 is 5.91 Å². The fourth-order valence-electron chi connectivity index (χ4n) is 4.21. The number of carbonyl (C=O) groups is 1. The number of hydrogen-bond acceptors (Lipinski definition) is 4. The molecule has 1 amide bonds. The number of aliphatic hydroxyl groups excluding tert-OH is 1. The maximum atomic E-state index is 12.8. The number of carbonyl (C=O) groups excluding carboxylic acids is 1. The minimum atomic E-state index is 0.0758. The molecule has 0 spiro atoms. The summed E-state index contributed by atoms with van der Waals surface area (Å²) in [6.07, 6.45) is 4.84. The lowest BCUT2D eigenvalue weighted by Crippen LogP contribution is -2.47. The van der Waals surface area contributed by atoms with Gasteiger partial charge < -0.3 is 15.3 Å². The molecular formula is C15H27N3O2. The molecule has 3 atom stereocenters. The Morgan fingerprint density at radius 3 is 2.90 bits per heavy atom. The van der Waals surface area contributed by atoms with E-state index in [-0.39, 0.29) is 12.6 Å². The lowest BCUT2D eigenvalue weighted by molar-refractivity contribution is -0.134. The number of fused-ring (bicyclic) bond motifs is 1. The van der Waals surface area contributed by atoms with Crippen molar-refractivity contribution < 1.29 is 9.90 Å². The van der Waals surface area contributed by atoms with Crippen LogP contribution in [-0.2, 0) is 4.79 Å². The van der Waals surface area contributed by atoms with E-state index >= 15 is 0 Å². The molecule has 5 nitrogen and oxygen atoms in total. The predicted molar refractivity (Wildman–Crippen MR) is 77.3 cm³/mol. The molecule has 1 aliphatic carbocycles. The third kappa shape index (κ3) is 2.85. The SMILES string of the molecule is O=C(C1NCC2CCCC21)N1CCCN(CCO)CC1. The third-order valence-corrected chi connectivity index (χ3v) is 5.33. The molecule has 2 N–H and O–H groups in total. The summed E-state index contributed by atoms with van der Waals surface area (Å²) in [5, 5.41) is 12.5. The summed E-state index contributed by atoms with van der Waals surface area (Å²) in [4.78, 5) is 17.1. The van der Waals surface area contributed by atoms with Gasteiger partial charge in [0.05, 0.1) is 12.6 Å². The predicted octanol–water partition coefficient (Wildman–Crippen LogP) is -0.0989. The largest absolute Gasteiger partial charge is 0.395 e. The number of amides is 1. The Balaban J connectivity index is 1.57. The fourth-order valence-corrected chi connectivity index (χ4v) is 4.21. The van der Waals surface area contributed by atoms with E-state index < -0.39 is 0 Å². The molecule has 0 radical (unpaired) electrons. The van der Waals surface area contributed by atoms with Crippen LogP contribution in [0.3, 0.4) is 0 Å². The second kappa shape index (κ2) is 6.41. The van der Waals surface area contributed by atoms with Gasteiger partial charge in [-0.1, -0.05) is 6.42 Å². The summed E-state index contributed by atoms with van der Waals surface area (Å²) < 4.78 is 0. The molecule has 0 bridgehead atoms. The van der Waals surface area contributed by atoms with Gasteiger partial charge in [-0.15, -0.1) is 0 Å². The second-order valence-corrected chi connectivity index (χ2v) is 6.48. The standard InChI is InChI=1S/C15H27N3O2/c19-10-9-17-5-2-6-18(8-7-17)15(20)14-13-4-1-3-12(13)11-16-14/h12-14,16,19H,1-11H2. The first-order valence-corrected chi connectivity index (χ1v) is 8.15. The summed E-state index contributed by atoms with van der Waals surface area (Å²) in [5.41, 5.74) is 0. The van der Waals surface area contributed by atoms with Crippen molar-refractivity contribution in [2.24, 2.45) is 11.8 Å². The molecule has 1 saturated carbocycles. The van der Waals surface area contributed by atoms with E-state index in [2.05, 4.69) is 15.1 Å². The van der Waals surface area contributed by atoms with Crippen molar-refractivity contribution in [3.8, 4) is 0 Å². The minimum absolute atomic E-state index is 0.0758. The van der Waals surface area contributed by atoms with Gasteiger partial charge >= 0.3 is 0 Å². The van der Waals surface area contributed by atoms with Crippen LogP contribution in [0.5, 0.6) is 0 Å². The Labute approximate surface area is 121 Å². The Bertz CT molecular complexity index is 350. The molecule has 20 heavy (non-hydrogen) atoms. The lowest BCUT2D eigenvalue weighted by Gasteiger charge is -2.27. The first kappa shape index (κ1) is 14.3. The molecule has 114 valence electrons. The highest BCUT2D eigenvalue weighted by atomic mass is 16.3. The number of nitrogens with zero attached hydrogens (tertiary/aromatic N) is 2. The summed E-state index contributed by atoms with van der Waals surface area (Å²) in [6.45, 7) is 5.55. The topological polar surface area (TPSA) is 55.8 Å². The highest BCUT2D eigenvalue weighted by Gasteiger charge is 2.43. The van der Waals surface area contributed by atoms with Crippen LogP contribution in [0.1, 0.15) is 25.7 Å². The van der Waals surface area contributed by atoms with Crippen molar-refractivity contribution in [1.82, 2.24) is 15.1 Å². The van der Waals surface area contributed by atoms with Gasteiger partial charge in [0.15, 0.2) is 0 Å². The van der Waals surface area contributed by atoms with Gasteiger partial charge in [0, 0.05) is 26.2 Å². The van der Waals surface area contributed by atoms with Crippen LogP contribution in [-0.4, -0.2) is 72.7 Å². The zero-order valence-corrected chi connectivity index (χ0v) is 12.3. The average molecular weight is 281 g/mol. The first-order valence-electron chi connectivity index (χ1n) is 8.15. The van der Waals surface area contributed by atoms with Crippen molar-refractivity contribution in [3.63, 3.8) is 0 Å². The average Bonchev–Trinajstić information content (AvgIpc) is 2.97. The molecule has 3 rings (SSSR count). The van der Waals surface area contributed by atoms with Crippen molar-refractivity contribution in [1.29, 1.82) is 0 Å². The highest BCUT2D eigenvalue weighted by Crippen LogP contribution is 2.38. The molecule has 2 aliphatic heterocycles. The molecule has 0 aromatic heterocycles.